The Kier molecular flexibility index (Phi) is 4.31. The normalized spacial score (nSPS) is 12.2. The molecule has 0 aliphatic carbocycles. The Bertz CT molecular complexity index is 537. The first-order valence-corrected chi connectivity index (χ1v) is 7.01. The van der Waals surface area contributed by atoms with Crippen molar-refractivity contribution in [1.29, 1.82) is 0 Å². The molecule has 1 unspecified atom stereocenters. The summed E-state index contributed by atoms with van der Waals surface area (Å²) in [5.41, 5.74) is 3.60. The third kappa shape index (κ3) is 3.27. The number of aryl methyl sites for hydroxylation is 1. The molecule has 18 heavy (non-hydrogen) atoms. The first-order valence-electron chi connectivity index (χ1n) is 5.84. The van der Waals surface area contributed by atoms with Gasteiger partial charge in [0, 0.05) is 21.2 Å². The molecule has 0 aliphatic heterocycles. The molecule has 2 aromatic rings. The minimum absolute atomic E-state index is 0.252. The zero-order valence-electron chi connectivity index (χ0n) is 10.4. The minimum Gasteiger partial charge on any atom is -0.378 e. The lowest BCUT2D eigenvalue weighted by Gasteiger charge is -2.17. The number of halogens is 2. The first-order chi connectivity index (χ1) is 8.56. The second-order valence-corrected chi connectivity index (χ2v) is 5.73. The van der Waals surface area contributed by atoms with E-state index in [4.69, 9.17) is 11.6 Å². The standard InChI is InChI=1S/C15H15BrClN/c1-10-9-13(16)5-8-15(10)18-11(2)12-3-6-14(17)7-4-12/h3-9,11,18H,1-2H3. The maximum Gasteiger partial charge on any atom is 0.0485 e. The Labute approximate surface area is 121 Å². The molecule has 0 aromatic heterocycles. The average molecular weight is 325 g/mol. The summed E-state index contributed by atoms with van der Waals surface area (Å²) in [5.74, 6) is 0. The van der Waals surface area contributed by atoms with Crippen molar-refractivity contribution < 1.29 is 0 Å². The van der Waals surface area contributed by atoms with Crippen molar-refractivity contribution in [1.82, 2.24) is 0 Å². The van der Waals surface area contributed by atoms with Gasteiger partial charge in [-0.2, -0.15) is 0 Å². The van der Waals surface area contributed by atoms with E-state index in [1.807, 2.05) is 30.3 Å². The van der Waals surface area contributed by atoms with Crippen LogP contribution in [0.1, 0.15) is 24.1 Å². The summed E-state index contributed by atoms with van der Waals surface area (Å²) in [6.07, 6.45) is 0. The smallest absolute Gasteiger partial charge is 0.0485 e. The first kappa shape index (κ1) is 13.4. The largest absolute Gasteiger partial charge is 0.378 e. The highest BCUT2D eigenvalue weighted by Gasteiger charge is 2.06. The molecule has 1 N–H and O–H groups in total. The van der Waals surface area contributed by atoms with Gasteiger partial charge < -0.3 is 5.32 Å². The van der Waals surface area contributed by atoms with Gasteiger partial charge in [-0.05, 0) is 55.3 Å². The number of hydrogen-bond acceptors (Lipinski definition) is 1. The van der Waals surface area contributed by atoms with Crippen LogP contribution >= 0.6 is 27.5 Å². The molecule has 0 bridgehead atoms. The van der Waals surface area contributed by atoms with E-state index in [-0.39, 0.29) is 6.04 Å². The molecule has 0 saturated carbocycles. The van der Waals surface area contributed by atoms with Gasteiger partial charge in [0.1, 0.15) is 0 Å². The Morgan fingerprint density at radius 1 is 1.11 bits per heavy atom. The van der Waals surface area contributed by atoms with Crippen LogP contribution in [0.3, 0.4) is 0 Å². The Balaban J connectivity index is 2.15. The molecule has 2 rings (SSSR count). The number of anilines is 1. The third-order valence-electron chi connectivity index (χ3n) is 2.93. The van der Waals surface area contributed by atoms with Gasteiger partial charge >= 0.3 is 0 Å². The summed E-state index contributed by atoms with van der Waals surface area (Å²) < 4.78 is 1.10. The monoisotopic (exact) mass is 323 g/mol. The van der Waals surface area contributed by atoms with Crippen molar-refractivity contribution >= 4 is 33.2 Å². The Morgan fingerprint density at radius 2 is 1.78 bits per heavy atom. The number of rotatable bonds is 3. The molecule has 3 heteroatoms. The van der Waals surface area contributed by atoms with Crippen LogP contribution in [-0.2, 0) is 0 Å². The second-order valence-electron chi connectivity index (χ2n) is 4.38. The predicted molar refractivity (Wildman–Crippen MR) is 82.4 cm³/mol. The van der Waals surface area contributed by atoms with Crippen molar-refractivity contribution in [2.24, 2.45) is 0 Å². The van der Waals surface area contributed by atoms with Crippen molar-refractivity contribution in [3.63, 3.8) is 0 Å². The van der Waals surface area contributed by atoms with Crippen LogP contribution in [0.2, 0.25) is 5.02 Å². The lowest BCUT2D eigenvalue weighted by atomic mass is 10.1. The molecule has 0 fully saturated rings. The van der Waals surface area contributed by atoms with Gasteiger partial charge in [0.15, 0.2) is 0 Å². The van der Waals surface area contributed by atoms with Gasteiger partial charge in [0.25, 0.3) is 0 Å². The van der Waals surface area contributed by atoms with Crippen LogP contribution < -0.4 is 5.32 Å². The van der Waals surface area contributed by atoms with E-state index in [1.54, 1.807) is 0 Å². The Hall–Kier alpha value is -0.990. The summed E-state index contributed by atoms with van der Waals surface area (Å²) in [6.45, 7) is 4.24. The van der Waals surface area contributed by atoms with Gasteiger partial charge in [-0.25, -0.2) is 0 Å². The fraction of sp³-hybridized carbons (Fsp3) is 0.200. The van der Waals surface area contributed by atoms with Gasteiger partial charge in [-0.3, -0.25) is 0 Å². The molecular formula is C15H15BrClN. The van der Waals surface area contributed by atoms with Crippen LogP contribution in [0, 0.1) is 6.92 Å². The van der Waals surface area contributed by atoms with Gasteiger partial charge in [0.05, 0.1) is 0 Å². The van der Waals surface area contributed by atoms with Crippen molar-refractivity contribution in [3.05, 3.63) is 63.1 Å². The van der Waals surface area contributed by atoms with Crippen LogP contribution in [0.5, 0.6) is 0 Å². The van der Waals surface area contributed by atoms with E-state index in [2.05, 4.69) is 47.2 Å². The van der Waals surface area contributed by atoms with E-state index < -0.39 is 0 Å². The fourth-order valence-electron chi connectivity index (χ4n) is 1.86. The zero-order valence-corrected chi connectivity index (χ0v) is 12.7. The van der Waals surface area contributed by atoms with Crippen molar-refractivity contribution in [2.45, 2.75) is 19.9 Å². The number of hydrogen-bond donors (Lipinski definition) is 1. The highest BCUT2D eigenvalue weighted by Crippen LogP contribution is 2.25. The van der Waals surface area contributed by atoms with Gasteiger partial charge in [-0.1, -0.05) is 39.7 Å². The lowest BCUT2D eigenvalue weighted by molar-refractivity contribution is 0.882. The summed E-state index contributed by atoms with van der Waals surface area (Å²) >= 11 is 9.37. The number of nitrogens with one attached hydrogen (secondary N) is 1. The van der Waals surface area contributed by atoms with E-state index in [0.29, 0.717) is 0 Å². The summed E-state index contributed by atoms with van der Waals surface area (Å²) in [7, 11) is 0. The number of benzene rings is 2. The van der Waals surface area contributed by atoms with E-state index >= 15 is 0 Å². The van der Waals surface area contributed by atoms with Gasteiger partial charge in [0.2, 0.25) is 0 Å². The molecule has 2 aromatic carbocycles. The molecule has 0 aliphatic rings. The van der Waals surface area contributed by atoms with E-state index in [0.717, 1.165) is 15.2 Å². The average Bonchev–Trinajstić information content (AvgIpc) is 2.33. The molecule has 94 valence electrons. The van der Waals surface area contributed by atoms with Crippen LogP contribution in [0.15, 0.2) is 46.9 Å². The molecule has 0 spiro atoms. The summed E-state index contributed by atoms with van der Waals surface area (Å²) in [4.78, 5) is 0. The fourth-order valence-corrected chi connectivity index (χ4v) is 2.46. The quantitative estimate of drug-likeness (QED) is 0.776. The maximum atomic E-state index is 5.89. The maximum absolute atomic E-state index is 5.89. The lowest BCUT2D eigenvalue weighted by Crippen LogP contribution is -2.07. The summed E-state index contributed by atoms with van der Waals surface area (Å²) in [6, 6.07) is 14.4. The highest BCUT2D eigenvalue weighted by molar-refractivity contribution is 9.10. The van der Waals surface area contributed by atoms with Crippen LogP contribution in [0.25, 0.3) is 0 Å². The highest BCUT2D eigenvalue weighted by atomic mass is 79.9. The van der Waals surface area contributed by atoms with E-state index in [1.165, 1.54) is 11.1 Å². The molecule has 0 amide bonds. The SMILES string of the molecule is Cc1cc(Br)ccc1NC(C)c1ccc(Cl)cc1. The third-order valence-corrected chi connectivity index (χ3v) is 3.68. The predicted octanol–water partition coefficient (Wildman–Crippen LogP) is 5.58. The molecule has 0 radical (unpaired) electrons. The molecule has 0 heterocycles. The summed E-state index contributed by atoms with van der Waals surface area (Å²) in [5, 5.41) is 4.28. The minimum atomic E-state index is 0.252. The molecule has 0 saturated heterocycles. The molecular weight excluding hydrogens is 310 g/mol. The zero-order chi connectivity index (χ0) is 13.1. The molecule has 1 atom stereocenters. The van der Waals surface area contributed by atoms with Crippen LogP contribution in [-0.4, -0.2) is 0 Å². The Morgan fingerprint density at radius 3 is 2.39 bits per heavy atom. The van der Waals surface area contributed by atoms with Crippen molar-refractivity contribution in [2.75, 3.05) is 5.32 Å². The molecule has 1 nitrogen and oxygen atoms in total. The van der Waals surface area contributed by atoms with Gasteiger partial charge in [-0.15, -0.1) is 0 Å². The van der Waals surface area contributed by atoms with Crippen LogP contribution in [0.4, 0.5) is 5.69 Å². The van der Waals surface area contributed by atoms with E-state index in [9.17, 15) is 0 Å². The topological polar surface area (TPSA) is 12.0 Å². The second kappa shape index (κ2) is 5.77. The van der Waals surface area contributed by atoms with Crippen molar-refractivity contribution in [3.8, 4) is 0 Å².